The SMILES string of the molecule is CO[C@@H]1CCN(C(=O)/C=C/CN(C)C)C1. The van der Waals surface area contributed by atoms with Gasteiger partial charge in [0.2, 0.25) is 5.91 Å². The van der Waals surface area contributed by atoms with E-state index in [9.17, 15) is 4.79 Å². The fourth-order valence-electron chi connectivity index (χ4n) is 1.59. The number of hydrogen-bond acceptors (Lipinski definition) is 3. The van der Waals surface area contributed by atoms with Crippen molar-refractivity contribution < 1.29 is 9.53 Å². The fourth-order valence-corrected chi connectivity index (χ4v) is 1.59. The highest BCUT2D eigenvalue weighted by atomic mass is 16.5. The summed E-state index contributed by atoms with van der Waals surface area (Å²) in [5.41, 5.74) is 0. The van der Waals surface area contributed by atoms with Crippen molar-refractivity contribution in [2.24, 2.45) is 0 Å². The summed E-state index contributed by atoms with van der Waals surface area (Å²) in [7, 11) is 5.65. The number of ether oxygens (including phenoxy) is 1. The number of amides is 1. The number of rotatable bonds is 4. The third kappa shape index (κ3) is 4.01. The summed E-state index contributed by atoms with van der Waals surface area (Å²) >= 11 is 0. The Balaban J connectivity index is 2.32. The summed E-state index contributed by atoms with van der Waals surface area (Å²) in [4.78, 5) is 15.5. The van der Waals surface area contributed by atoms with Crippen molar-refractivity contribution in [3.8, 4) is 0 Å². The largest absolute Gasteiger partial charge is 0.380 e. The lowest BCUT2D eigenvalue weighted by Crippen LogP contribution is -2.28. The zero-order valence-electron chi connectivity index (χ0n) is 9.77. The molecule has 0 N–H and O–H groups in total. The zero-order valence-corrected chi connectivity index (χ0v) is 9.77. The van der Waals surface area contributed by atoms with E-state index in [1.807, 2.05) is 30.0 Å². The van der Waals surface area contributed by atoms with Crippen LogP contribution in [-0.4, -0.2) is 62.7 Å². The third-order valence-electron chi connectivity index (χ3n) is 2.52. The average Bonchev–Trinajstić information content (AvgIpc) is 2.65. The predicted octanol–water partition coefficient (Wildman–Crippen LogP) is 0.352. The molecule has 0 aliphatic carbocycles. The number of carbonyl (C=O) groups excluding carboxylic acids is 1. The molecule has 1 aliphatic heterocycles. The molecule has 0 aromatic heterocycles. The van der Waals surface area contributed by atoms with E-state index < -0.39 is 0 Å². The second-order valence-electron chi connectivity index (χ2n) is 4.10. The molecule has 1 amide bonds. The first-order valence-electron chi connectivity index (χ1n) is 5.26. The molecule has 1 atom stereocenters. The zero-order chi connectivity index (χ0) is 11.3. The number of hydrogen-bond donors (Lipinski definition) is 0. The predicted molar refractivity (Wildman–Crippen MR) is 59.7 cm³/mol. The van der Waals surface area contributed by atoms with Crippen LogP contribution >= 0.6 is 0 Å². The summed E-state index contributed by atoms with van der Waals surface area (Å²) in [6, 6.07) is 0. The molecule has 1 heterocycles. The lowest BCUT2D eigenvalue weighted by molar-refractivity contribution is -0.125. The van der Waals surface area contributed by atoms with Gasteiger partial charge in [0.05, 0.1) is 6.10 Å². The van der Waals surface area contributed by atoms with Gasteiger partial charge in [-0.1, -0.05) is 6.08 Å². The number of likely N-dealkylation sites (tertiary alicyclic amines) is 1. The van der Waals surface area contributed by atoms with E-state index in [-0.39, 0.29) is 12.0 Å². The Bertz CT molecular complexity index is 239. The van der Waals surface area contributed by atoms with Crippen LogP contribution in [0.1, 0.15) is 6.42 Å². The fraction of sp³-hybridized carbons (Fsp3) is 0.727. The molecule has 0 radical (unpaired) electrons. The maximum Gasteiger partial charge on any atom is 0.246 e. The number of carbonyl (C=O) groups is 1. The van der Waals surface area contributed by atoms with Crippen LogP contribution in [0.2, 0.25) is 0 Å². The first kappa shape index (κ1) is 12.2. The van der Waals surface area contributed by atoms with E-state index in [4.69, 9.17) is 4.74 Å². The highest BCUT2D eigenvalue weighted by Crippen LogP contribution is 2.11. The molecule has 1 rings (SSSR count). The minimum atomic E-state index is 0.0939. The Morgan fingerprint density at radius 2 is 2.33 bits per heavy atom. The van der Waals surface area contributed by atoms with E-state index in [1.165, 1.54) is 0 Å². The van der Waals surface area contributed by atoms with Gasteiger partial charge in [0, 0.05) is 32.8 Å². The maximum absolute atomic E-state index is 11.7. The molecule has 86 valence electrons. The average molecular weight is 212 g/mol. The number of likely N-dealkylation sites (N-methyl/N-ethyl adjacent to an activating group) is 1. The van der Waals surface area contributed by atoms with Gasteiger partial charge in [-0.15, -0.1) is 0 Å². The normalized spacial score (nSPS) is 21.9. The third-order valence-corrected chi connectivity index (χ3v) is 2.52. The molecule has 0 bridgehead atoms. The van der Waals surface area contributed by atoms with Crippen molar-refractivity contribution in [1.82, 2.24) is 9.80 Å². The van der Waals surface area contributed by atoms with Crippen LogP contribution in [0.4, 0.5) is 0 Å². The molecule has 1 fully saturated rings. The standard InChI is InChI=1S/C11H20N2O2/c1-12(2)7-4-5-11(14)13-8-6-10(9-13)15-3/h4-5,10H,6-9H2,1-3H3/b5-4+/t10-/m1/s1. The summed E-state index contributed by atoms with van der Waals surface area (Å²) in [6.45, 7) is 2.33. The van der Waals surface area contributed by atoms with Crippen molar-refractivity contribution in [1.29, 1.82) is 0 Å². The van der Waals surface area contributed by atoms with Crippen molar-refractivity contribution in [2.45, 2.75) is 12.5 Å². The van der Waals surface area contributed by atoms with Gasteiger partial charge in [0.1, 0.15) is 0 Å². The minimum Gasteiger partial charge on any atom is -0.380 e. The molecule has 1 saturated heterocycles. The molecule has 0 unspecified atom stereocenters. The van der Waals surface area contributed by atoms with Crippen LogP contribution in [0.15, 0.2) is 12.2 Å². The van der Waals surface area contributed by atoms with E-state index in [2.05, 4.69) is 0 Å². The molecule has 0 aromatic carbocycles. The molecule has 4 heteroatoms. The van der Waals surface area contributed by atoms with Crippen molar-refractivity contribution in [3.63, 3.8) is 0 Å². The van der Waals surface area contributed by atoms with Crippen LogP contribution in [0.3, 0.4) is 0 Å². The molecule has 1 aliphatic rings. The second kappa shape index (κ2) is 5.88. The molecule has 0 aromatic rings. The van der Waals surface area contributed by atoms with Gasteiger partial charge in [-0.2, -0.15) is 0 Å². The van der Waals surface area contributed by atoms with Crippen LogP contribution in [0.5, 0.6) is 0 Å². The van der Waals surface area contributed by atoms with Gasteiger partial charge >= 0.3 is 0 Å². The Kier molecular flexibility index (Phi) is 4.78. The van der Waals surface area contributed by atoms with Crippen LogP contribution in [0, 0.1) is 0 Å². The molecule has 0 spiro atoms. The van der Waals surface area contributed by atoms with Gasteiger partial charge in [-0.25, -0.2) is 0 Å². The molecular formula is C11H20N2O2. The second-order valence-corrected chi connectivity index (χ2v) is 4.10. The van der Waals surface area contributed by atoms with Crippen molar-refractivity contribution in [2.75, 3.05) is 40.8 Å². The van der Waals surface area contributed by atoms with Crippen molar-refractivity contribution in [3.05, 3.63) is 12.2 Å². The smallest absolute Gasteiger partial charge is 0.246 e. The molecular weight excluding hydrogens is 192 g/mol. The number of nitrogens with zero attached hydrogens (tertiary/aromatic N) is 2. The Labute approximate surface area is 91.5 Å². The first-order valence-corrected chi connectivity index (χ1v) is 5.26. The van der Waals surface area contributed by atoms with Crippen molar-refractivity contribution >= 4 is 5.91 Å². The lowest BCUT2D eigenvalue weighted by atomic mass is 10.3. The summed E-state index contributed by atoms with van der Waals surface area (Å²) < 4.78 is 5.21. The van der Waals surface area contributed by atoms with Crippen LogP contribution < -0.4 is 0 Å². The quantitative estimate of drug-likeness (QED) is 0.630. The monoisotopic (exact) mass is 212 g/mol. The van der Waals surface area contributed by atoms with Gasteiger partial charge in [0.25, 0.3) is 0 Å². The number of methoxy groups -OCH3 is 1. The van der Waals surface area contributed by atoms with Gasteiger partial charge in [0.15, 0.2) is 0 Å². The van der Waals surface area contributed by atoms with E-state index in [0.29, 0.717) is 0 Å². The topological polar surface area (TPSA) is 32.8 Å². The molecule has 15 heavy (non-hydrogen) atoms. The first-order chi connectivity index (χ1) is 7.13. The summed E-state index contributed by atoms with van der Waals surface area (Å²) in [5, 5.41) is 0. The van der Waals surface area contributed by atoms with Gasteiger partial charge in [-0.3, -0.25) is 4.79 Å². The van der Waals surface area contributed by atoms with E-state index in [0.717, 1.165) is 26.1 Å². The van der Waals surface area contributed by atoms with Gasteiger partial charge < -0.3 is 14.5 Å². The van der Waals surface area contributed by atoms with E-state index >= 15 is 0 Å². The Hall–Kier alpha value is -0.870. The molecule has 0 saturated carbocycles. The Morgan fingerprint density at radius 3 is 2.87 bits per heavy atom. The van der Waals surface area contributed by atoms with E-state index in [1.54, 1.807) is 13.2 Å². The van der Waals surface area contributed by atoms with Crippen LogP contribution in [-0.2, 0) is 9.53 Å². The van der Waals surface area contributed by atoms with Crippen LogP contribution in [0.25, 0.3) is 0 Å². The highest BCUT2D eigenvalue weighted by Gasteiger charge is 2.24. The highest BCUT2D eigenvalue weighted by molar-refractivity contribution is 5.87. The Morgan fingerprint density at radius 1 is 1.60 bits per heavy atom. The lowest BCUT2D eigenvalue weighted by Gasteiger charge is -2.13. The summed E-state index contributed by atoms with van der Waals surface area (Å²) in [6.07, 6.45) is 4.71. The summed E-state index contributed by atoms with van der Waals surface area (Å²) in [5.74, 6) is 0.0939. The van der Waals surface area contributed by atoms with Gasteiger partial charge in [-0.05, 0) is 20.5 Å². The maximum atomic E-state index is 11.7. The minimum absolute atomic E-state index is 0.0939. The molecule has 4 nitrogen and oxygen atoms in total.